The van der Waals surface area contributed by atoms with Crippen LogP contribution < -0.4 is 5.32 Å². The summed E-state index contributed by atoms with van der Waals surface area (Å²) in [6.07, 6.45) is 3.18. The standard InChI is InChI=1S/C23H17ClN2OS/c1-15-6-12-20-21(14-15)28-23(26-20)17-7-10-18(11-8-17)25-22(27)13-9-16-4-2-3-5-19(16)24/h2-14H,1H3,(H,25,27)/b13-9+. The summed E-state index contributed by atoms with van der Waals surface area (Å²) in [4.78, 5) is 16.8. The third kappa shape index (κ3) is 4.14. The number of nitrogens with one attached hydrogen (secondary N) is 1. The van der Waals surface area contributed by atoms with Gasteiger partial charge in [-0.25, -0.2) is 4.98 Å². The fraction of sp³-hybridized carbons (Fsp3) is 0.0435. The van der Waals surface area contributed by atoms with Crippen molar-refractivity contribution in [3.05, 3.63) is 89.0 Å². The number of thiazole rings is 1. The fourth-order valence-electron chi connectivity index (χ4n) is 2.81. The van der Waals surface area contributed by atoms with Crippen LogP contribution in [-0.2, 0) is 4.79 Å². The number of fused-ring (bicyclic) bond motifs is 1. The molecular weight excluding hydrogens is 388 g/mol. The molecule has 0 unspecified atom stereocenters. The molecule has 3 aromatic carbocycles. The Balaban J connectivity index is 1.46. The molecule has 1 amide bonds. The zero-order valence-electron chi connectivity index (χ0n) is 15.1. The third-order valence-corrected chi connectivity index (χ3v) is 5.67. The number of carbonyl (C=O) groups excluding carboxylic acids is 1. The van der Waals surface area contributed by atoms with Crippen molar-refractivity contribution in [2.45, 2.75) is 6.92 Å². The number of carbonyl (C=O) groups is 1. The lowest BCUT2D eigenvalue weighted by Gasteiger charge is -2.03. The smallest absolute Gasteiger partial charge is 0.248 e. The number of aromatic nitrogens is 1. The van der Waals surface area contributed by atoms with Gasteiger partial charge in [-0.15, -0.1) is 11.3 Å². The molecule has 4 aromatic rings. The van der Waals surface area contributed by atoms with E-state index in [0.29, 0.717) is 5.02 Å². The summed E-state index contributed by atoms with van der Waals surface area (Å²) in [5.41, 5.74) is 4.80. The van der Waals surface area contributed by atoms with Gasteiger partial charge in [0.1, 0.15) is 5.01 Å². The van der Waals surface area contributed by atoms with E-state index in [1.807, 2.05) is 48.5 Å². The van der Waals surface area contributed by atoms with E-state index in [-0.39, 0.29) is 5.91 Å². The van der Waals surface area contributed by atoms with Gasteiger partial charge in [-0.05, 0) is 66.6 Å². The fourth-order valence-corrected chi connectivity index (χ4v) is 4.08. The van der Waals surface area contributed by atoms with E-state index in [1.54, 1.807) is 23.5 Å². The summed E-state index contributed by atoms with van der Waals surface area (Å²) in [5.74, 6) is -0.205. The van der Waals surface area contributed by atoms with Crippen LogP contribution in [0.2, 0.25) is 5.02 Å². The van der Waals surface area contributed by atoms with Crippen LogP contribution in [0.4, 0.5) is 5.69 Å². The molecule has 0 spiro atoms. The van der Waals surface area contributed by atoms with Gasteiger partial charge in [0.15, 0.2) is 0 Å². The van der Waals surface area contributed by atoms with Crippen molar-refractivity contribution >= 4 is 50.8 Å². The Morgan fingerprint density at radius 2 is 1.86 bits per heavy atom. The first kappa shape index (κ1) is 18.4. The first-order chi connectivity index (χ1) is 13.6. The summed E-state index contributed by atoms with van der Waals surface area (Å²) in [6.45, 7) is 2.08. The van der Waals surface area contributed by atoms with Gasteiger partial charge in [-0.3, -0.25) is 4.79 Å². The molecular formula is C23H17ClN2OS. The lowest BCUT2D eigenvalue weighted by atomic mass is 10.2. The minimum atomic E-state index is -0.205. The predicted molar refractivity (Wildman–Crippen MR) is 119 cm³/mol. The maximum absolute atomic E-state index is 12.2. The number of hydrogen-bond acceptors (Lipinski definition) is 3. The summed E-state index contributed by atoms with van der Waals surface area (Å²) >= 11 is 7.76. The SMILES string of the molecule is Cc1ccc2nc(-c3ccc(NC(=O)/C=C/c4ccccc4Cl)cc3)sc2c1. The molecule has 0 atom stereocenters. The molecule has 0 bridgehead atoms. The molecule has 0 saturated carbocycles. The van der Waals surface area contributed by atoms with Crippen LogP contribution in [0.25, 0.3) is 26.9 Å². The molecule has 3 nitrogen and oxygen atoms in total. The molecule has 0 fully saturated rings. The van der Waals surface area contributed by atoms with Crippen LogP contribution >= 0.6 is 22.9 Å². The molecule has 0 aliphatic heterocycles. The van der Waals surface area contributed by atoms with Crippen molar-refractivity contribution < 1.29 is 4.79 Å². The van der Waals surface area contributed by atoms with Crippen LogP contribution in [0.15, 0.2) is 72.8 Å². The molecule has 1 heterocycles. The Kier molecular flexibility index (Phi) is 5.24. The van der Waals surface area contributed by atoms with E-state index >= 15 is 0 Å². The van der Waals surface area contributed by atoms with E-state index in [1.165, 1.54) is 16.3 Å². The Morgan fingerprint density at radius 1 is 1.07 bits per heavy atom. The largest absolute Gasteiger partial charge is 0.323 e. The van der Waals surface area contributed by atoms with Crippen LogP contribution in [0, 0.1) is 6.92 Å². The quantitative estimate of drug-likeness (QED) is 0.390. The van der Waals surface area contributed by atoms with Gasteiger partial charge in [0, 0.05) is 22.3 Å². The van der Waals surface area contributed by atoms with Crippen LogP contribution in [0.5, 0.6) is 0 Å². The van der Waals surface area contributed by atoms with Gasteiger partial charge < -0.3 is 5.32 Å². The number of amides is 1. The van der Waals surface area contributed by atoms with Gasteiger partial charge in [-0.2, -0.15) is 0 Å². The second kappa shape index (κ2) is 7.97. The maximum atomic E-state index is 12.2. The Hall–Kier alpha value is -2.95. The predicted octanol–water partition coefficient (Wildman–Crippen LogP) is 6.58. The second-order valence-electron chi connectivity index (χ2n) is 6.41. The zero-order chi connectivity index (χ0) is 19.5. The lowest BCUT2D eigenvalue weighted by molar-refractivity contribution is -0.111. The average molecular weight is 405 g/mol. The number of benzene rings is 3. The van der Waals surface area contributed by atoms with Gasteiger partial charge in [-0.1, -0.05) is 35.9 Å². The van der Waals surface area contributed by atoms with Crippen molar-refractivity contribution in [3.8, 4) is 10.6 Å². The molecule has 0 aliphatic rings. The number of anilines is 1. The van der Waals surface area contributed by atoms with Crippen LogP contribution in [0.1, 0.15) is 11.1 Å². The molecule has 1 aromatic heterocycles. The zero-order valence-corrected chi connectivity index (χ0v) is 16.7. The molecule has 0 saturated heterocycles. The molecule has 0 aliphatic carbocycles. The second-order valence-corrected chi connectivity index (χ2v) is 7.85. The van der Waals surface area contributed by atoms with E-state index < -0.39 is 0 Å². The van der Waals surface area contributed by atoms with Crippen LogP contribution in [-0.4, -0.2) is 10.9 Å². The number of halogens is 1. The maximum Gasteiger partial charge on any atom is 0.248 e. The summed E-state index contributed by atoms with van der Waals surface area (Å²) in [5, 5.41) is 4.44. The van der Waals surface area contributed by atoms with Gasteiger partial charge >= 0.3 is 0 Å². The molecule has 138 valence electrons. The number of nitrogens with zero attached hydrogens (tertiary/aromatic N) is 1. The van der Waals surface area contributed by atoms with Crippen molar-refractivity contribution in [2.75, 3.05) is 5.32 Å². The molecule has 0 radical (unpaired) electrons. The Labute approximate surface area is 172 Å². The van der Waals surface area contributed by atoms with Gasteiger partial charge in [0.25, 0.3) is 0 Å². The topological polar surface area (TPSA) is 42.0 Å². The lowest BCUT2D eigenvalue weighted by Crippen LogP contribution is -2.07. The highest BCUT2D eigenvalue weighted by atomic mass is 35.5. The van der Waals surface area contributed by atoms with Crippen LogP contribution in [0.3, 0.4) is 0 Å². The van der Waals surface area contributed by atoms with Crippen molar-refractivity contribution in [1.82, 2.24) is 4.98 Å². The number of aryl methyl sites for hydroxylation is 1. The van der Waals surface area contributed by atoms with E-state index in [9.17, 15) is 4.79 Å². The average Bonchev–Trinajstić information content (AvgIpc) is 3.11. The van der Waals surface area contributed by atoms with Crippen molar-refractivity contribution in [2.24, 2.45) is 0 Å². The van der Waals surface area contributed by atoms with Gasteiger partial charge in [0.2, 0.25) is 5.91 Å². The van der Waals surface area contributed by atoms with Gasteiger partial charge in [0.05, 0.1) is 10.2 Å². The first-order valence-electron chi connectivity index (χ1n) is 8.80. The summed E-state index contributed by atoms with van der Waals surface area (Å²) in [6, 6.07) is 21.4. The minimum Gasteiger partial charge on any atom is -0.323 e. The normalized spacial score (nSPS) is 11.2. The minimum absolute atomic E-state index is 0.205. The Bertz CT molecular complexity index is 1180. The molecule has 1 N–H and O–H groups in total. The molecule has 5 heteroatoms. The van der Waals surface area contributed by atoms with E-state index in [4.69, 9.17) is 16.6 Å². The molecule has 4 rings (SSSR count). The first-order valence-corrected chi connectivity index (χ1v) is 9.99. The monoisotopic (exact) mass is 404 g/mol. The summed E-state index contributed by atoms with van der Waals surface area (Å²) < 4.78 is 1.18. The van der Waals surface area contributed by atoms with Crippen molar-refractivity contribution in [3.63, 3.8) is 0 Å². The third-order valence-electron chi connectivity index (χ3n) is 4.26. The number of rotatable bonds is 4. The van der Waals surface area contributed by atoms with Crippen molar-refractivity contribution in [1.29, 1.82) is 0 Å². The van der Waals surface area contributed by atoms with E-state index in [0.717, 1.165) is 27.3 Å². The summed E-state index contributed by atoms with van der Waals surface area (Å²) in [7, 11) is 0. The Morgan fingerprint density at radius 3 is 2.64 bits per heavy atom. The highest BCUT2D eigenvalue weighted by Crippen LogP contribution is 2.31. The van der Waals surface area contributed by atoms with E-state index in [2.05, 4.69) is 24.4 Å². The highest BCUT2D eigenvalue weighted by molar-refractivity contribution is 7.21. The molecule has 28 heavy (non-hydrogen) atoms. The highest BCUT2D eigenvalue weighted by Gasteiger charge is 2.07. The number of hydrogen-bond donors (Lipinski definition) is 1.